The van der Waals surface area contributed by atoms with Gasteiger partial charge < -0.3 is 9.64 Å². The largest absolute Gasteiger partial charge is 0.375 e. The highest BCUT2D eigenvalue weighted by Gasteiger charge is 2.62. The highest BCUT2D eigenvalue weighted by Crippen LogP contribution is 2.45. The molecule has 0 aliphatic carbocycles. The Balaban J connectivity index is 1.62. The summed E-state index contributed by atoms with van der Waals surface area (Å²) in [6.07, 6.45) is 2.32. The van der Waals surface area contributed by atoms with E-state index in [2.05, 4.69) is 4.98 Å². The summed E-state index contributed by atoms with van der Waals surface area (Å²) in [4.78, 5) is 17.9. The molecule has 1 spiro atoms. The van der Waals surface area contributed by atoms with Gasteiger partial charge in [-0.1, -0.05) is 19.9 Å². The normalized spacial score (nSPS) is 24.3. The Bertz CT molecular complexity index is 697. The molecule has 6 nitrogen and oxygen atoms in total. The number of carbonyl (C=O) groups excluding carboxylic acids is 1. The summed E-state index contributed by atoms with van der Waals surface area (Å²) < 4.78 is 30.0. The van der Waals surface area contributed by atoms with Crippen LogP contribution in [0.4, 0.5) is 0 Å². The van der Waals surface area contributed by atoms with Gasteiger partial charge in [0.25, 0.3) is 0 Å². The van der Waals surface area contributed by atoms with Gasteiger partial charge in [0, 0.05) is 31.1 Å². The van der Waals surface area contributed by atoms with E-state index in [-0.39, 0.29) is 23.5 Å². The van der Waals surface area contributed by atoms with Crippen molar-refractivity contribution in [1.82, 2.24) is 9.88 Å². The first-order valence-electron chi connectivity index (χ1n) is 8.34. The number of ether oxygens (including phenoxy) is 1. The molecule has 1 amide bonds. The zero-order valence-electron chi connectivity index (χ0n) is 14.1. The van der Waals surface area contributed by atoms with Crippen molar-refractivity contribution in [1.29, 1.82) is 0 Å². The number of sulfone groups is 1. The van der Waals surface area contributed by atoms with Crippen LogP contribution < -0.4 is 0 Å². The predicted octanol–water partition coefficient (Wildman–Crippen LogP) is 1.27. The van der Waals surface area contributed by atoms with Gasteiger partial charge in [-0.2, -0.15) is 0 Å². The van der Waals surface area contributed by atoms with Crippen molar-refractivity contribution in [2.75, 3.05) is 25.4 Å². The maximum Gasteiger partial charge on any atom is 0.225 e. The molecule has 1 aromatic rings. The van der Waals surface area contributed by atoms with E-state index >= 15 is 0 Å². The van der Waals surface area contributed by atoms with Gasteiger partial charge in [0.15, 0.2) is 9.84 Å². The third kappa shape index (κ3) is 2.95. The fourth-order valence-electron chi connectivity index (χ4n) is 3.62. The molecule has 2 saturated heterocycles. The smallest absolute Gasteiger partial charge is 0.225 e. The third-order valence-electron chi connectivity index (χ3n) is 5.12. The van der Waals surface area contributed by atoms with Crippen LogP contribution in [0.1, 0.15) is 26.0 Å². The second-order valence-electron chi connectivity index (χ2n) is 7.05. The van der Waals surface area contributed by atoms with Crippen LogP contribution in [-0.4, -0.2) is 54.4 Å². The molecule has 0 N–H and O–H groups in total. The molecular weight excluding hydrogens is 328 g/mol. The van der Waals surface area contributed by atoms with Crippen LogP contribution in [0.25, 0.3) is 0 Å². The number of hydrogen-bond donors (Lipinski definition) is 0. The summed E-state index contributed by atoms with van der Waals surface area (Å²) in [5, 5.41) is 0. The van der Waals surface area contributed by atoms with E-state index in [0.717, 1.165) is 5.69 Å². The lowest BCUT2D eigenvalue weighted by Crippen LogP contribution is -2.69. The Hall–Kier alpha value is -1.47. The summed E-state index contributed by atoms with van der Waals surface area (Å²) in [5.41, 5.74) is 0.831. The van der Waals surface area contributed by atoms with Gasteiger partial charge in [-0.05, 0) is 18.6 Å². The number of amides is 1. The fourth-order valence-corrected chi connectivity index (χ4v) is 6.02. The summed E-state index contributed by atoms with van der Waals surface area (Å²) in [6.45, 7) is 5.06. The SMILES string of the molecule is CC(C)C(=O)N1CC2(C1)[C@H](COCc1ccccn1)CCS2(=O)=O. The van der Waals surface area contributed by atoms with Gasteiger partial charge in [0.2, 0.25) is 5.91 Å². The molecule has 3 rings (SSSR count). The number of hydrogen-bond acceptors (Lipinski definition) is 5. The molecule has 0 bridgehead atoms. The fraction of sp³-hybridized carbons (Fsp3) is 0.647. The van der Waals surface area contributed by atoms with E-state index in [9.17, 15) is 13.2 Å². The lowest BCUT2D eigenvalue weighted by molar-refractivity contribution is -0.141. The summed E-state index contributed by atoms with van der Waals surface area (Å²) >= 11 is 0. The highest BCUT2D eigenvalue weighted by molar-refractivity contribution is 7.93. The van der Waals surface area contributed by atoms with Crippen LogP contribution in [-0.2, 0) is 26.0 Å². The zero-order valence-corrected chi connectivity index (χ0v) is 15.0. The predicted molar refractivity (Wildman–Crippen MR) is 89.9 cm³/mol. The lowest BCUT2D eigenvalue weighted by Gasteiger charge is -2.50. The number of aromatic nitrogens is 1. The first kappa shape index (κ1) is 17.4. The maximum atomic E-state index is 12.5. The van der Waals surface area contributed by atoms with E-state index in [4.69, 9.17) is 4.74 Å². The van der Waals surface area contributed by atoms with Crippen molar-refractivity contribution in [3.8, 4) is 0 Å². The Morgan fingerprint density at radius 2 is 2.17 bits per heavy atom. The highest BCUT2D eigenvalue weighted by atomic mass is 32.2. The number of likely N-dealkylation sites (tertiary alicyclic amines) is 1. The van der Waals surface area contributed by atoms with Crippen molar-refractivity contribution in [3.63, 3.8) is 0 Å². The standard InChI is InChI=1S/C17H24N2O4S/c1-13(2)16(20)19-11-17(12-19)14(6-8-24(17,21)22)9-23-10-15-5-3-4-7-18-15/h3-5,7,13-14H,6,8-12H2,1-2H3/t14-/m0/s1. The molecule has 3 heterocycles. The van der Waals surface area contributed by atoms with E-state index in [1.165, 1.54) is 0 Å². The van der Waals surface area contributed by atoms with E-state index < -0.39 is 14.6 Å². The molecule has 7 heteroatoms. The van der Waals surface area contributed by atoms with Gasteiger partial charge in [0.05, 0.1) is 24.7 Å². The van der Waals surface area contributed by atoms with Crippen molar-refractivity contribution >= 4 is 15.7 Å². The number of pyridine rings is 1. The van der Waals surface area contributed by atoms with Crippen molar-refractivity contribution in [3.05, 3.63) is 30.1 Å². The van der Waals surface area contributed by atoms with Crippen molar-refractivity contribution in [2.24, 2.45) is 11.8 Å². The molecule has 2 aliphatic heterocycles. The molecule has 2 aliphatic rings. The Kier molecular flexibility index (Phi) is 4.66. The second-order valence-corrected chi connectivity index (χ2v) is 9.51. The zero-order chi connectivity index (χ0) is 17.4. The summed E-state index contributed by atoms with van der Waals surface area (Å²) in [6, 6.07) is 5.62. The van der Waals surface area contributed by atoms with E-state index in [0.29, 0.717) is 32.7 Å². The summed E-state index contributed by atoms with van der Waals surface area (Å²) in [5.74, 6) is 0.0533. The average molecular weight is 352 g/mol. The first-order chi connectivity index (χ1) is 11.4. The second kappa shape index (κ2) is 6.44. The number of rotatable bonds is 5. The minimum Gasteiger partial charge on any atom is -0.375 e. The molecule has 132 valence electrons. The number of carbonyl (C=O) groups is 1. The summed E-state index contributed by atoms with van der Waals surface area (Å²) in [7, 11) is -3.18. The average Bonchev–Trinajstić information content (AvgIpc) is 2.77. The minimum absolute atomic E-state index is 0.0240. The van der Waals surface area contributed by atoms with Crippen LogP contribution in [0.5, 0.6) is 0 Å². The lowest BCUT2D eigenvalue weighted by atomic mass is 9.83. The van der Waals surface area contributed by atoms with Crippen LogP contribution >= 0.6 is 0 Å². The van der Waals surface area contributed by atoms with E-state index in [1.807, 2.05) is 32.0 Å². The quantitative estimate of drug-likeness (QED) is 0.798. The third-order valence-corrected chi connectivity index (χ3v) is 7.72. The molecule has 0 radical (unpaired) electrons. The van der Waals surface area contributed by atoms with Gasteiger partial charge in [-0.3, -0.25) is 9.78 Å². The molecule has 0 aromatic carbocycles. The molecule has 0 unspecified atom stereocenters. The van der Waals surface area contributed by atoms with Crippen LogP contribution in [0.15, 0.2) is 24.4 Å². The van der Waals surface area contributed by atoms with Gasteiger partial charge in [-0.15, -0.1) is 0 Å². The van der Waals surface area contributed by atoms with Crippen molar-refractivity contribution < 1.29 is 17.9 Å². The molecular formula is C17H24N2O4S. The van der Waals surface area contributed by atoms with Gasteiger partial charge in [-0.25, -0.2) is 8.42 Å². The van der Waals surface area contributed by atoms with Gasteiger partial charge in [0.1, 0.15) is 4.75 Å². The molecule has 2 fully saturated rings. The molecule has 24 heavy (non-hydrogen) atoms. The molecule has 1 aromatic heterocycles. The Morgan fingerprint density at radius 1 is 1.42 bits per heavy atom. The molecule has 1 atom stereocenters. The molecule has 0 saturated carbocycles. The topological polar surface area (TPSA) is 76.6 Å². The van der Waals surface area contributed by atoms with Crippen LogP contribution in [0.2, 0.25) is 0 Å². The maximum absolute atomic E-state index is 12.5. The minimum atomic E-state index is -3.18. The van der Waals surface area contributed by atoms with Gasteiger partial charge >= 0.3 is 0 Å². The Morgan fingerprint density at radius 3 is 2.79 bits per heavy atom. The van der Waals surface area contributed by atoms with Crippen LogP contribution in [0.3, 0.4) is 0 Å². The van der Waals surface area contributed by atoms with Crippen LogP contribution in [0, 0.1) is 11.8 Å². The first-order valence-corrected chi connectivity index (χ1v) is 10.00. The number of nitrogens with zero attached hydrogens (tertiary/aromatic N) is 2. The monoisotopic (exact) mass is 352 g/mol. The van der Waals surface area contributed by atoms with E-state index in [1.54, 1.807) is 11.1 Å². The Labute approximate surface area is 143 Å². The van der Waals surface area contributed by atoms with Crippen molar-refractivity contribution in [2.45, 2.75) is 31.6 Å².